The van der Waals surface area contributed by atoms with Gasteiger partial charge in [0.05, 0.1) is 0 Å². The third kappa shape index (κ3) is 4.53. The van der Waals surface area contributed by atoms with Crippen LogP contribution in [0.2, 0.25) is 0 Å². The van der Waals surface area contributed by atoms with Crippen molar-refractivity contribution in [2.45, 2.75) is 13.8 Å². The van der Waals surface area contributed by atoms with Crippen molar-refractivity contribution < 1.29 is 4.74 Å². The van der Waals surface area contributed by atoms with E-state index in [1.165, 1.54) is 0 Å². The van der Waals surface area contributed by atoms with Gasteiger partial charge in [-0.05, 0) is 19.1 Å². The maximum Gasteiger partial charge on any atom is 0.187 e. The third-order valence-corrected chi connectivity index (χ3v) is 1.39. The summed E-state index contributed by atoms with van der Waals surface area (Å²) < 4.78 is 5.40. The first kappa shape index (κ1) is 12.0. The molecule has 0 aliphatic carbocycles. The number of benzene rings is 1. The molecule has 0 amide bonds. The van der Waals surface area contributed by atoms with E-state index in [4.69, 9.17) is 4.74 Å². The molecule has 72 valence electrons. The van der Waals surface area contributed by atoms with Crippen molar-refractivity contribution in [2.75, 3.05) is 6.54 Å². The zero-order valence-corrected chi connectivity index (χ0v) is 8.67. The number of hydrogen-bond donors (Lipinski definition) is 0. The molecule has 0 bridgehead atoms. The van der Waals surface area contributed by atoms with E-state index < -0.39 is 0 Å². The molecule has 3 heteroatoms. The summed E-state index contributed by atoms with van der Waals surface area (Å²) >= 11 is 0. The number of nitrogens with zero attached hydrogens (tertiary/aromatic N) is 1. The molecule has 0 saturated heterocycles. The molecule has 0 N–H and O–H groups in total. The molecule has 2 nitrogen and oxygen atoms in total. The van der Waals surface area contributed by atoms with E-state index in [9.17, 15) is 0 Å². The molecule has 0 aliphatic rings. The quantitative estimate of drug-likeness (QED) is 0.530. The van der Waals surface area contributed by atoms with E-state index >= 15 is 0 Å². The van der Waals surface area contributed by atoms with Crippen LogP contribution in [-0.2, 0) is 0 Å². The van der Waals surface area contributed by atoms with Crippen LogP contribution in [0.25, 0.3) is 0 Å². The van der Waals surface area contributed by atoms with E-state index in [1.54, 1.807) is 0 Å². The lowest BCUT2D eigenvalue weighted by Gasteiger charge is -2.02. The SMILES string of the molecule is CCN=C(C)Oc1ccccc1.Cl. The van der Waals surface area contributed by atoms with Gasteiger partial charge in [-0.3, -0.25) is 4.99 Å². The fourth-order valence-corrected chi connectivity index (χ4v) is 0.914. The second-order valence-corrected chi connectivity index (χ2v) is 2.41. The van der Waals surface area contributed by atoms with E-state index in [0.717, 1.165) is 12.3 Å². The summed E-state index contributed by atoms with van der Waals surface area (Å²) in [6.07, 6.45) is 0. The average molecular weight is 200 g/mol. The molecule has 0 aliphatic heterocycles. The van der Waals surface area contributed by atoms with Gasteiger partial charge in [0.2, 0.25) is 0 Å². The summed E-state index contributed by atoms with van der Waals surface area (Å²) in [7, 11) is 0. The highest BCUT2D eigenvalue weighted by Gasteiger charge is 1.92. The van der Waals surface area contributed by atoms with Crippen LogP contribution in [0, 0.1) is 0 Å². The molecule has 13 heavy (non-hydrogen) atoms. The monoisotopic (exact) mass is 199 g/mol. The molecule has 0 aromatic heterocycles. The Balaban J connectivity index is 0.00000144. The van der Waals surface area contributed by atoms with Crippen molar-refractivity contribution in [3.8, 4) is 5.75 Å². The number of para-hydroxylation sites is 1. The van der Waals surface area contributed by atoms with Crippen LogP contribution in [0.5, 0.6) is 5.75 Å². The van der Waals surface area contributed by atoms with Crippen LogP contribution in [0.1, 0.15) is 13.8 Å². The van der Waals surface area contributed by atoms with Crippen LogP contribution in [0.3, 0.4) is 0 Å². The van der Waals surface area contributed by atoms with Crippen molar-refractivity contribution in [3.63, 3.8) is 0 Å². The smallest absolute Gasteiger partial charge is 0.187 e. The average Bonchev–Trinajstić information content (AvgIpc) is 2.06. The Morgan fingerprint density at radius 1 is 1.31 bits per heavy atom. The van der Waals surface area contributed by atoms with Gasteiger partial charge in [0, 0.05) is 13.5 Å². The van der Waals surface area contributed by atoms with Crippen LogP contribution >= 0.6 is 12.4 Å². The minimum atomic E-state index is 0. The van der Waals surface area contributed by atoms with Gasteiger partial charge in [0.1, 0.15) is 5.75 Å². The normalized spacial score (nSPS) is 10.5. The molecule has 0 radical (unpaired) electrons. The molecule has 0 unspecified atom stereocenters. The third-order valence-electron chi connectivity index (χ3n) is 1.39. The van der Waals surface area contributed by atoms with Crippen LogP contribution in [0.15, 0.2) is 35.3 Å². The summed E-state index contributed by atoms with van der Waals surface area (Å²) in [5.74, 6) is 1.55. The standard InChI is InChI=1S/C10H13NO.ClH/c1-3-11-9(2)12-10-7-5-4-6-8-10;/h4-8H,3H2,1-2H3;1H. The van der Waals surface area contributed by atoms with Gasteiger partial charge < -0.3 is 4.74 Å². The van der Waals surface area contributed by atoms with E-state index in [0.29, 0.717) is 5.90 Å². The largest absolute Gasteiger partial charge is 0.444 e. The topological polar surface area (TPSA) is 21.6 Å². The Kier molecular flexibility index (Phi) is 5.98. The highest BCUT2D eigenvalue weighted by Crippen LogP contribution is 2.08. The number of ether oxygens (including phenoxy) is 1. The minimum absolute atomic E-state index is 0. The summed E-state index contributed by atoms with van der Waals surface area (Å²) in [4.78, 5) is 4.11. The van der Waals surface area contributed by atoms with Crippen LogP contribution in [0.4, 0.5) is 0 Å². The predicted molar refractivity (Wildman–Crippen MR) is 58.0 cm³/mol. The first-order chi connectivity index (χ1) is 5.83. The Morgan fingerprint density at radius 2 is 1.92 bits per heavy atom. The lowest BCUT2D eigenvalue weighted by atomic mass is 10.3. The second-order valence-electron chi connectivity index (χ2n) is 2.41. The highest BCUT2D eigenvalue weighted by atomic mass is 35.5. The molecule has 1 aromatic carbocycles. The van der Waals surface area contributed by atoms with Crippen molar-refractivity contribution >= 4 is 18.3 Å². The minimum Gasteiger partial charge on any atom is -0.444 e. The van der Waals surface area contributed by atoms with Gasteiger partial charge in [-0.25, -0.2) is 0 Å². The molecule has 0 heterocycles. The Labute approximate surface area is 85.1 Å². The van der Waals surface area contributed by atoms with Crippen molar-refractivity contribution in [2.24, 2.45) is 4.99 Å². The van der Waals surface area contributed by atoms with Gasteiger partial charge in [0.25, 0.3) is 0 Å². The zero-order chi connectivity index (χ0) is 8.81. The lowest BCUT2D eigenvalue weighted by Crippen LogP contribution is -2.02. The molecule has 0 atom stereocenters. The maximum absolute atomic E-state index is 5.40. The summed E-state index contributed by atoms with van der Waals surface area (Å²) in [6.45, 7) is 4.60. The molecule has 1 rings (SSSR count). The van der Waals surface area contributed by atoms with Crippen molar-refractivity contribution in [1.82, 2.24) is 0 Å². The fourth-order valence-electron chi connectivity index (χ4n) is 0.914. The summed E-state index contributed by atoms with van der Waals surface area (Å²) in [5, 5.41) is 0. The highest BCUT2D eigenvalue weighted by molar-refractivity contribution is 5.85. The molecule has 0 fully saturated rings. The summed E-state index contributed by atoms with van der Waals surface area (Å²) in [5.41, 5.74) is 0. The van der Waals surface area contributed by atoms with Gasteiger partial charge >= 0.3 is 0 Å². The number of rotatable bonds is 2. The van der Waals surface area contributed by atoms with Crippen LogP contribution in [-0.4, -0.2) is 12.4 Å². The van der Waals surface area contributed by atoms with Gasteiger partial charge in [-0.2, -0.15) is 0 Å². The number of halogens is 1. The van der Waals surface area contributed by atoms with Crippen molar-refractivity contribution in [1.29, 1.82) is 0 Å². The number of hydrogen-bond acceptors (Lipinski definition) is 2. The molecular formula is C10H14ClNO. The van der Waals surface area contributed by atoms with Gasteiger partial charge in [-0.15, -0.1) is 12.4 Å². The summed E-state index contributed by atoms with van der Waals surface area (Å²) in [6, 6.07) is 9.66. The number of aliphatic imine (C=N–C) groups is 1. The Morgan fingerprint density at radius 3 is 2.46 bits per heavy atom. The van der Waals surface area contributed by atoms with Crippen LogP contribution < -0.4 is 4.74 Å². The Hall–Kier alpha value is -1.02. The zero-order valence-electron chi connectivity index (χ0n) is 7.86. The maximum atomic E-state index is 5.40. The molecule has 0 spiro atoms. The van der Waals surface area contributed by atoms with Crippen molar-refractivity contribution in [3.05, 3.63) is 30.3 Å². The molecule has 1 aromatic rings. The first-order valence-electron chi connectivity index (χ1n) is 4.07. The second kappa shape index (κ2) is 6.49. The first-order valence-corrected chi connectivity index (χ1v) is 4.07. The van der Waals surface area contributed by atoms with E-state index in [-0.39, 0.29) is 12.4 Å². The Bertz CT molecular complexity index is 259. The van der Waals surface area contributed by atoms with E-state index in [2.05, 4.69) is 4.99 Å². The molecular weight excluding hydrogens is 186 g/mol. The molecule has 0 saturated carbocycles. The predicted octanol–water partition coefficient (Wildman–Crippen LogP) is 2.93. The fraction of sp³-hybridized carbons (Fsp3) is 0.300. The van der Waals surface area contributed by atoms with Gasteiger partial charge in [0.15, 0.2) is 5.90 Å². The van der Waals surface area contributed by atoms with E-state index in [1.807, 2.05) is 44.2 Å². The van der Waals surface area contributed by atoms with Gasteiger partial charge in [-0.1, -0.05) is 18.2 Å². The lowest BCUT2D eigenvalue weighted by molar-refractivity contribution is 0.543.